The van der Waals surface area contributed by atoms with E-state index in [1.807, 2.05) is 18.2 Å². The van der Waals surface area contributed by atoms with Crippen LogP contribution in [0.2, 0.25) is 0 Å². The van der Waals surface area contributed by atoms with Gasteiger partial charge in [0.15, 0.2) is 11.5 Å². The number of morpholine rings is 1. The van der Waals surface area contributed by atoms with Crippen molar-refractivity contribution in [2.75, 3.05) is 66.8 Å². The molecule has 0 aromatic heterocycles. The van der Waals surface area contributed by atoms with Crippen LogP contribution < -0.4 is 9.47 Å². The highest BCUT2D eigenvalue weighted by atomic mass is 16.5. The van der Waals surface area contributed by atoms with E-state index in [0.717, 1.165) is 51.1 Å². The summed E-state index contributed by atoms with van der Waals surface area (Å²) in [6.07, 6.45) is 1.08. The zero-order valence-electron chi connectivity index (χ0n) is 18.0. The van der Waals surface area contributed by atoms with Gasteiger partial charge in [0.1, 0.15) is 12.7 Å². The smallest absolute Gasteiger partial charge is 0.308 e. The molecule has 2 fully saturated rings. The third-order valence-corrected chi connectivity index (χ3v) is 5.76. The van der Waals surface area contributed by atoms with Gasteiger partial charge in [-0.1, -0.05) is 6.07 Å². The molecule has 3 rings (SSSR count). The molecule has 1 aromatic rings. The van der Waals surface area contributed by atoms with E-state index in [2.05, 4.69) is 9.80 Å². The van der Waals surface area contributed by atoms with Crippen LogP contribution >= 0.6 is 0 Å². The maximum atomic E-state index is 11.7. The van der Waals surface area contributed by atoms with Crippen LogP contribution in [0.5, 0.6) is 11.5 Å². The molecular weight excluding hydrogens is 388 g/mol. The van der Waals surface area contributed by atoms with Crippen molar-refractivity contribution in [2.24, 2.45) is 5.92 Å². The molecule has 8 nitrogen and oxygen atoms in total. The second-order valence-corrected chi connectivity index (χ2v) is 7.94. The Balaban J connectivity index is 1.48. The predicted octanol–water partition coefficient (Wildman–Crippen LogP) is 1.15. The number of carbonyl (C=O) groups is 1. The molecule has 0 bridgehead atoms. The van der Waals surface area contributed by atoms with Crippen LogP contribution in [0.4, 0.5) is 0 Å². The molecule has 0 aliphatic carbocycles. The summed E-state index contributed by atoms with van der Waals surface area (Å²) in [6, 6.07) is 5.91. The lowest BCUT2D eigenvalue weighted by molar-refractivity contribution is -0.147. The lowest BCUT2D eigenvalue weighted by Crippen LogP contribution is -2.42. The lowest BCUT2D eigenvalue weighted by atomic mass is 9.96. The summed E-state index contributed by atoms with van der Waals surface area (Å²) >= 11 is 0. The first kappa shape index (κ1) is 22.8. The van der Waals surface area contributed by atoms with E-state index in [1.54, 1.807) is 7.11 Å². The van der Waals surface area contributed by atoms with Crippen LogP contribution in [0.3, 0.4) is 0 Å². The Morgan fingerprint density at radius 3 is 2.53 bits per heavy atom. The summed E-state index contributed by atoms with van der Waals surface area (Å²) in [6.45, 7) is 6.43. The molecule has 30 heavy (non-hydrogen) atoms. The molecule has 1 N–H and O–H groups in total. The SMILES string of the molecule is COC(=O)C1CCN(Cc2ccc(OCC(O)CN3CCOCC3)c(OC)c2)CC1. The number of β-amino-alcohol motifs (C(OH)–C–C–N with tert-alkyl or cyclic N) is 1. The summed E-state index contributed by atoms with van der Waals surface area (Å²) in [7, 11) is 3.07. The van der Waals surface area contributed by atoms with Crippen molar-refractivity contribution < 1.29 is 28.8 Å². The average molecular weight is 423 g/mol. The number of nitrogens with zero attached hydrogens (tertiary/aromatic N) is 2. The molecule has 168 valence electrons. The van der Waals surface area contributed by atoms with Crippen molar-refractivity contribution in [2.45, 2.75) is 25.5 Å². The van der Waals surface area contributed by atoms with Gasteiger partial charge in [-0.05, 0) is 43.6 Å². The van der Waals surface area contributed by atoms with Crippen molar-refractivity contribution in [1.82, 2.24) is 9.80 Å². The van der Waals surface area contributed by atoms with Gasteiger partial charge in [0.05, 0.1) is 33.4 Å². The quantitative estimate of drug-likeness (QED) is 0.594. The highest BCUT2D eigenvalue weighted by molar-refractivity contribution is 5.72. The zero-order valence-corrected chi connectivity index (χ0v) is 18.0. The Labute approximate surface area is 178 Å². The fourth-order valence-corrected chi connectivity index (χ4v) is 4.00. The van der Waals surface area contributed by atoms with Gasteiger partial charge in [-0.3, -0.25) is 14.6 Å². The highest BCUT2D eigenvalue weighted by Gasteiger charge is 2.25. The molecule has 0 saturated carbocycles. The monoisotopic (exact) mass is 422 g/mol. The zero-order chi connectivity index (χ0) is 21.3. The number of likely N-dealkylation sites (tertiary alicyclic amines) is 1. The Kier molecular flexibility index (Phi) is 8.74. The van der Waals surface area contributed by atoms with E-state index >= 15 is 0 Å². The second kappa shape index (κ2) is 11.5. The molecule has 2 saturated heterocycles. The number of benzene rings is 1. The van der Waals surface area contributed by atoms with Crippen LogP contribution in [0.25, 0.3) is 0 Å². The number of rotatable bonds is 9. The van der Waals surface area contributed by atoms with Crippen molar-refractivity contribution in [3.8, 4) is 11.5 Å². The highest BCUT2D eigenvalue weighted by Crippen LogP contribution is 2.29. The molecule has 0 amide bonds. The number of piperidine rings is 1. The number of hydrogen-bond acceptors (Lipinski definition) is 8. The molecule has 1 atom stereocenters. The minimum Gasteiger partial charge on any atom is -0.493 e. The van der Waals surface area contributed by atoms with Crippen molar-refractivity contribution in [1.29, 1.82) is 0 Å². The van der Waals surface area contributed by atoms with E-state index in [-0.39, 0.29) is 18.5 Å². The molecule has 1 aromatic carbocycles. The molecule has 1 unspecified atom stereocenters. The van der Waals surface area contributed by atoms with Crippen molar-refractivity contribution in [3.05, 3.63) is 23.8 Å². The Morgan fingerprint density at radius 1 is 1.13 bits per heavy atom. The van der Waals surface area contributed by atoms with Gasteiger partial charge in [-0.25, -0.2) is 0 Å². The molecule has 8 heteroatoms. The summed E-state index contributed by atoms with van der Waals surface area (Å²) in [5.74, 6) is 1.20. The van der Waals surface area contributed by atoms with Gasteiger partial charge in [0, 0.05) is 26.2 Å². The van der Waals surface area contributed by atoms with Gasteiger partial charge < -0.3 is 24.1 Å². The third kappa shape index (κ3) is 6.57. The minimum absolute atomic E-state index is 0.0143. The first-order valence-electron chi connectivity index (χ1n) is 10.7. The maximum absolute atomic E-state index is 11.7. The predicted molar refractivity (Wildman–Crippen MR) is 112 cm³/mol. The van der Waals surface area contributed by atoms with Gasteiger partial charge in [-0.2, -0.15) is 0 Å². The first-order valence-corrected chi connectivity index (χ1v) is 10.7. The summed E-state index contributed by atoms with van der Waals surface area (Å²) < 4.78 is 21.5. The first-order chi connectivity index (χ1) is 14.6. The largest absolute Gasteiger partial charge is 0.493 e. The minimum atomic E-state index is -0.566. The van der Waals surface area contributed by atoms with E-state index in [9.17, 15) is 9.90 Å². The van der Waals surface area contributed by atoms with Gasteiger partial charge in [0.25, 0.3) is 0 Å². The number of esters is 1. The summed E-state index contributed by atoms with van der Waals surface area (Å²) in [5.41, 5.74) is 1.13. The van der Waals surface area contributed by atoms with E-state index in [1.165, 1.54) is 7.11 Å². The van der Waals surface area contributed by atoms with E-state index in [0.29, 0.717) is 31.3 Å². The molecule has 0 radical (unpaired) electrons. The number of ether oxygens (including phenoxy) is 4. The standard InChI is InChI=1S/C22H34N2O6/c1-27-21-13-17(14-23-7-5-18(6-8-23)22(26)28-2)3-4-20(21)30-16-19(25)15-24-9-11-29-12-10-24/h3-4,13,18-19,25H,5-12,14-16H2,1-2H3. The van der Waals surface area contributed by atoms with Crippen molar-refractivity contribution in [3.63, 3.8) is 0 Å². The van der Waals surface area contributed by atoms with Crippen LogP contribution in [0.1, 0.15) is 18.4 Å². The van der Waals surface area contributed by atoms with Crippen LogP contribution in [-0.2, 0) is 20.8 Å². The van der Waals surface area contributed by atoms with E-state index in [4.69, 9.17) is 18.9 Å². The molecule has 2 aliphatic heterocycles. The fraction of sp³-hybridized carbons (Fsp3) is 0.682. The van der Waals surface area contributed by atoms with E-state index < -0.39 is 6.10 Å². The Bertz CT molecular complexity index is 672. The van der Waals surface area contributed by atoms with Crippen LogP contribution in [-0.4, -0.2) is 93.7 Å². The van der Waals surface area contributed by atoms with Crippen molar-refractivity contribution >= 4 is 5.97 Å². The Morgan fingerprint density at radius 2 is 1.87 bits per heavy atom. The normalized spacial score (nSPS) is 20.0. The molecular formula is C22H34N2O6. The number of aliphatic hydroxyl groups is 1. The fourth-order valence-electron chi connectivity index (χ4n) is 4.00. The molecule has 2 aliphatic rings. The summed E-state index contributed by atoms with van der Waals surface area (Å²) in [5, 5.41) is 10.3. The van der Waals surface area contributed by atoms with Gasteiger partial charge >= 0.3 is 5.97 Å². The lowest BCUT2D eigenvalue weighted by Gasteiger charge is -2.30. The third-order valence-electron chi connectivity index (χ3n) is 5.76. The average Bonchev–Trinajstić information content (AvgIpc) is 2.78. The summed E-state index contributed by atoms with van der Waals surface area (Å²) in [4.78, 5) is 16.2. The second-order valence-electron chi connectivity index (χ2n) is 7.94. The molecule has 0 spiro atoms. The van der Waals surface area contributed by atoms with Gasteiger partial charge in [0.2, 0.25) is 0 Å². The number of hydrogen-bond donors (Lipinski definition) is 1. The molecule has 2 heterocycles. The number of aliphatic hydroxyl groups excluding tert-OH is 1. The Hall–Kier alpha value is -1.87. The maximum Gasteiger partial charge on any atom is 0.308 e. The van der Waals surface area contributed by atoms with Gasteiger partial charge in [-0.15, -0.1) is 0 Å². The number of methoxy groups -OCH3 is 2. The number of carbonyl (C=O) groups excluding carboxylic acids is 1. The van der Waals surface area contributed by atoms with Crippen LogP contribution in [0, 0.1) is 5.92 Å². The topological polar surface area (TPSA) is 80.7 Å². The van der Waals surface area contributed by atoms with Crippen LogP contribution in [0.15, 0.2) is 18.2 Å².